The number of nitrogens with one attached hydrogen (secondary N) is 1. The van der Waals surface area contributed by atoms with Gasteiger partial charge in [0.15, 0.2) is 5.78 Å². The molecular weight excluding hydrogens is 402 g/mol. The number of fused-ring (bicyclic) bond motifs is 3. The Hall–Kier alpha value is -3.67. The van der Waals surface area contributed by atoms with Crippen LogP contribution in [-0.4, -0.2) is 14.9 Å². The molecule has 5 rings (SSSR count). The minimum Gasteiger partial charge on any atom is -0.340 e. The quantitative estimate of drug-likeness (QED) is 0.691. The Bertz CT molecular complexity index is 1420. The smallest absolute Gasteiger partial charge is 0.332 e. The van der Waals surface area contributed by atoms with Crippen molar-refractivity contribution in [3.63, 3.8) is 0 Å². The minimum absolute atomic E-state index is 0.0827. The number of carbonyl (C=O) groups excluding carboxylic acids is 1. The Morgan fingerprint density at radius 1 is 0.938 bits per heavy atom. The molecule has 2 aromatic carbocycles. The Kier molecular flexibility index (Phi) is 4.55. The van der Waals surface area contributed by atoms with Gasteiger partial charge in [0.2, 0.25) is 0 Å². The van der Waals surface area contributed by atoms with Gasteiger partial charge in [0, 0.05) is 36.7 Å². The number of hydrogen-bond acceptors (Lipinski definition) is 4. The number of anilines is 1. The van der Waals surface area contributed by atoms with Gasteiger partial charge in [-0.2, -0.15) is 0 Å². The van der Waals surface area contributed by atoms with Crippen LogP contribution >= 0.6 is 0 Å². The highest BCUT2D eigenvalue weighted by Crippen LogP contribution is 2.47. The van der Waals surface area contributed by atoms with E-state index in [-0.39, 0.29) is 11.3 Å². The highest BCUT2D eigenvalue weighted by atomic mass is 16.2. The van der Waals surface area contributed by atoms with Crippen LogP contribution in [0, 0.1) is 0 Å². The molecule has 2 unspecified atom stereocenters. The predicted molar refractivity (Wildman–Crippen MR) is 125 cm³/mol. The molecule has 0 saturated heterocycles. The lowest BCUT2D eigenvalue weighted by Gasteiger charge is -2.30. The van der Waals surface area contributed by atoms with Crippen molar-refractivity contribution in [1.29, 1.82) is 0 Å². The van der Waals surface area contributed by atoms with Crippen molar-refractivity contribution in [2.75, 3.05) is 5.32 Å². The molecule has 0 spiro atoms. The van der Waals surface area contributed by atoms with Crippen molar-refractivity contribution in [2.24, 2.45) is 14.1 Å². The zero-order chi connectivity index (χ0) is 22.7. The third-order valence-electron chi connectivity index (χ3n) is 6.93. The van der Waals surface area contributed by atoms with E-state index in [0.717, 1.165) is 22.1 Å². The van der Waals surface area contributed by atoms with Crippen LogP contribution < -0.4 is 16.6 Å². The van der Waals surface area contributed by atoms with E-state index in [0.29, 0.717) is 34.1 Å². The summed E-state index contributed by atoms with van der Waals surface area (Å²) in [7, 11) is 3.12. The monoisotopic (exact) mass is 427 g/mol. The third kappa shape index (κ3) is 2.68. The number of ketones is 1. The zero-order valence-electron chi connectivity index (χ0n) is 18.6. The predicted octanol–water partition coefficient (Wildman–Crippen LogP) is 3.76. The van der Waals surface area contributed by atoms with Gasteiger partial charge in [-0.1, -0.05) is 62.4 Å². The lowest BCUT2D eigenvalue weighted by molar-refractivity contribution is 0.103. The van der Waals surface area contributed by atoms with Gasteiger partial charge < -0.3 is 5.32 Å². The number of hydrogen-bond donors (Lipinski definition) is 1. The van der Waals surface area contributed by atoms with E-state index in [1.54, 1.807) is 7.05 Å². The third-order valence-corrected chi connectivity index (χ3v) is 6.93. The summed E-state index contributed by atoms with van der Waals surface area (Å²) in [6.45, 7) is 4.33. The van der Waals surface area contributed by atoms with E-state index in [1.807, 2.05) is 36.4 Å². The first-order valence-corrected chi connectivity index (χ1v) is 10.9. The molecule has 1 aliphatic heterocycles. The number of rotatable bonds is 3. The zero-order valence-corrected chi connectivity index (χ0v) is 18.6. The number of benzene rings is 2. The molecule has 162 valence electrons. The average Bonchev–Trinajstić information content (AvgIpc) is 3.11. The molecule has 1 aliphatic carbocycles. The van der Waals surface area contributed by atoms with Crippen molar-refractivity contribution in [3.8, 4) is 0 Å². The first kappa shape index (κ1) is 20.2. The number of carbonyl (C=O) groups is 1. The van der Waals surface area contributed by atoms with Crippen LogP contribution in [0.1, 0.15) is 64.7 Å². The van der Waals surface area contributed by atoms with E-state index in [2.05, 4.69) is 31.3 Å². The number of aromatic nitrogens is 2. The fraction of sp³-hybridized carbons (Fsp3) is 0.269. The standard InChI is InChI=1S/C26H25N3O3/c1-5-14(2)15-10-12-16(13-11-15)19-20-22(17-8-6-7-9-18(17)23(20)30)27-24-21(19)25(31)29(4)26(32)28(24)3/h6-14,19,27H,5H2,1-4H3. The fourth-order valence-corrected chi connectivity index (χ4v) is 4.84. The molecule has 32 heavy (non-hydrogen) atoms. The maximum atomic E-state index is 13.5. The van der Waals surface area contributed by atoms with Gasteiger partial charge in [0.1, 0.15) is 5.82 Å². The van der Waals surface area contributed by atoms with Crippen LogP contribution in [0.5, 0.6) is 0 Å². The molecule has 1 aromatic heterocycles. The highest BCUT2D eigenvalue weighted by molar-refractivity contribution is 6.23. The minimum atomic E-state index is -0.558. The number of allylic oxidation sites excluding steroid dienone is 1. The normalized spacial score (nSPS) is 17.5. The molecule has 6 nitrogen and oxygen atoms in total. The maximum absolute atomic E-state index is 13.5. The second kappa shape index (κ2) is 7.19. The van der Waals surface area contributed by atoms with Crippen LogP contribution in [0.15, 0.2) is 63.7 Å². The van der Waals surface area contributed by atoms with E-state index >= 15 is 0 Å². The summed E-state index contributed by atoms with van der Waals surface area (Å²) in [5.41, 5.74) is 4.36. The molecule has 0 saturated carbocycles. The van der Waals surface area contributed by atoms with E-state index < -0.39 is 11.6 Å². The van der Waals surface area contributed by atoms with Gasteiger partial charge in [0.25, 0.3) is 5.56 Å². The SMILES string of the molecule is CCC(C)c1ccc(C2C3=C(Nc4c2c(=O)n(C)c(=O)n4C)c2ccccc2C3=O)cc1. The molecular formula is C26H25N3O3. The summed E-state index contributed by atoms with van der Waals surface area (Å²) in [4.78, 5) is 39.5. The Balaban J connectivity index is 1.80. The van der Waals surface area contributed by atoms with Crippen molar-refractivity contribution >= 4 is 17.3 Å². The molecule has 2 aliphatic rings. The summed E-state index contributed by atoms with van der Waals surface area (Å²) in [6.07, 6.45) is 1.03. The van der Waals surface area contributed by atoms with Crippen LogP contribution in [0.25, 0.3) is 5.70 Å². The van der Waals surface area contributed by atoms with Gasteiger partial charge >= 0.3 is 5.69 Å². The average molecular weight is 428 g/mol. The lowest BCUT2D eigenvalue weighted by atomic mass is 9.81. The number of nitrogens with zero attached hydrogens (tertiary/aromatic N) is 2. The molecule has 0 radical (unpaired) electrons. The van der Waals surface area contributed by atoms with Crippen molar-refractivity contribution in [2.45, 2.75) is 32.1 Å². The first-order valence-electron chi connectivity index (χ1n) is 10.9. The molecule has 0 amide bonds. The summed E-state index contributed by atoms with van der Waals surface area (Å²) in [5, 5.41) is 3.27. The van der Waals surface area contributed by atoms with E-state index in [4.69, 9.17) is 0 Å². The van der Waals surface area contributed by atoms with E-state index in [1.165, 1.54) is 17.2 Å². The van der Waals surface area contributed by atoms with Crippen LogP contribution in [0.2, 0.25) is 0 Å². The maximum Gasteiger partial charge on any atom is 0.332 e. The second-order valence-electron chi connectivity index (χ2n) is 8.67. The highest BCUT2D eigenvalue weighted by Gasteiger charge is 2.42. The summed E-state index contributed by atoms with van der Waals surface area (Å²) in [6, 6.07) is 15.6. The van der Waals surface area contributed by atoms with Gasteiger partial charge in [-0.05, 0) is 23.5 Å². The summed E-state index contributed by atoms with van der Waals surface area (Å²) in [5.74, 6) is 0.223. The molecule has 6 heteroatoms. The van der Waals surface area contributed by atoms with Gasteiger partial charge in [-0.15, -0.1) is 0 Å². The topological polar surface area (TPSA) is 73.1 Å². The van der Waals surface area contributed by atoms with Crippen LogP contribution in [0.3, 0.4) is 0 Å². The molecule has 3 aromatic rings. The van der Waals surface area contributed by atoms with Gasteiger partial charge in [-0.25, -0.2) is 4.79 Å². The Labute approximate surface area is 185 Å². The van der Waals surface area contributed by atoms with Crippen LogP contribution in [-0.2, 0) is 14.1 Å². The van der Waals surface area contributed by atoms with Gasteiger partial charge in [0.05, 0.1) is 11.3 Å². The second-order valence-corrected chi connectivity index (χ2v) is 8.67. The lowest BCUT2D eigenvalue weighted by Crippen LogP contribution is -2.42. The van der Waals surface area contributed by atoms with E-state index in [9.17, 15) is 14.4 Å². The first-order chi connectivity index (χ1) is 15.3. The molecule has 2 atom stereocenters. The summed E-state index contributed by atoms with van der Waals surface area (Å²) >= 11 is 0. The largest absolute Gasteiger partial charge is 0.340 e. The van der Waals surface area contributed by atoms with Crippen molar-refractivity contribution < 1.29 is 4.79 Å². The number of Topliss-reactive ketones (excluding diaryl/α,β-unsaturated/α-hetero) is 1. The molecule has 1 N–H and O–H groups in total. The fourth-order valence-electron chi connectivity index (χ4n) is 4.84. The van der Waals surface area contributed by atoms with Gasteiger partial charge in [-0.3, -0.25) is 18.7 Å². The van der Waals surface area contributed by atoms with Crippen molar-refractivity contribution in [1.82, 2.24) is 9.13 Å². The molecule has 2 heterocycles. The molecule has 0 fully saturated rings. The molecule has 0 bridgehead atoms. The Morgan fingerprint density at radius 3 is 2.25 bits per heavy atom. The van der Waals surface area contributed by atoms with Crippen LogP contribution in [0.4, 0.5) is 5.82 Å². The van der Waals surface area contributed by atoms with Crippen molar-refractivity contribution in [3.05, 3.63) is 103 Å². The summed E-state index contributed by atoms with van der Waals surface area (Å²) < 4.78 is 2.56. The Morgan fingerprint density at radius 2 is 1.59 bits per heavy atom.